The van der Waals surface area contributed by atoms with E-state index >= 15 is 0 Å². The number of pyridine rings is 1. The standard InChI is InChI=1S/C25H28N4O2/c1-17(27-15-24(30)19-7-10-25(26)29-13-19)11-20-14-28-23-9-8-21(12-22(20)23)31-16-18-5-3-2-4-6-18/h2-10,12-14,17,24,27-28,30H,11,15-16H2,1H3,(H2,26,29)/t17-,24+/m1/s1. The number of fused-ring (bicyclic) bond motifs is 1. The van der Waals surface area contributed by atoms with Crippen LogP contribution in [0, 0.1) is 0 Å². The number of aromatic amines is 1. The molecule has 2 aromatic heterocycles. The van der Waals surface area contributed by atoms with Crippen molar-refractivity contribution in [3.8, 4) is 5.75 Å². The number of aromatic nitrogens is 2. The molecular formula is C25H28N4O2. The van der Waals surface area contributed by atoms with E-state index in [0.29, 0.717) is 19.0 Å². The number of nitrogen functional groups attached to an aromatic ring is 1. The van der Waals surface area contributed by atoms with Crippen LogP contribution in [0.1, 0.15) is 29.7 Å². The Hall–Kier alpha value is -3.35. The molecule has 160 valence electrons. The predicted molar refractivity (Wildman–Crippen MR) is 124 cm³/mol. The van der Waals surface area contributed by atoms with Gasteiger partial charge < -0.3 is 25.9 Å². The molecule has 6 nitrogen and oxygen atoms in total. The van der Waals surface area contributed by atoms with Crippen LogP contribution in [0.4, 0.5) is 5.82 Å². The monoisotopic (exact) mass is 416 g/mol. The third kappa shape index (κ3) is 5.42. The van der Waals surface area contributed by atoms with Crippen molar-refractivity contribution in [3.63, 3.8) is 0 Å². The lowest BCUT2D eigenvalue weighted by Gasteiger charge is -2.17. The van der Waals surface area contributed by atoms with Crippen molar-refractivity contribution < 1.29 is 9.84 Å². The number of hydrogen-bond donors (Lipinski definition) is 4. The fourth-order valence-corrected chi connectivity index (χ4v) is 3.60. The molecule has 0 bridgehead atoms. The van der Waals surface area contributed by atoms with Crippen LogP contribution >= 0.6 is 0 Å². The van der Waals surface area contributed by atoms with Crippen LogP contribution in [0.3, 0.4) is 0 Å². The number of anilines is 1. The second-order valence-corrected chi connectivity index (χ2v) is 7.84. The van der Waals surface area contributed by atoms with E-state index in [2.05, 4.69) is 46.5 Å². The maximum absolute atomic E-state index is 10.4. The Labute approximate surface area is 182 Å². The summed E-state index contributed by atoms with van der Waals surface area (Å²) in [5, 5.41) is 14.9. The van der Waals surface area contributed by atoms with Crippen molar-refractivity contribution in [2.24, 2.45) is 0 Å². The molecule has 5 N–H and O–H groups in total. The first-order chi connectivity index (χ1) is 15.1. The minimum absolute atomic E-state index is 0.185. The van der Waals surface area contributed by atoms with Gasteiger partial charge in [-0.1, -0.05) is 36.4 Å². The highest BCUT2D eigenvalue weighted by atomic mass is 16.5. The van der Waals surface area contributed by atoms with Gasteiger partial charge in [-0.3, -0.25) is 0 Å². The van der Waals surface area contributed by atoms with Gasteiger partial charge in [-0.25, -0.2) is 4.98 Å². The fraction of sp³-hybridized carbons (Fsp3) is 0.240. The van der Waals surface area contributed by atoms with Gasteiger partial charge in [0, 0.05) is 41.4 Å². The van der Waals surface area contributed by atoms with Crippen LogP contribution in [-0.4, -0.2) is 27.7 Å². The molecule has 2 heterocycles. The minimum atomic E-state index is -0.628. The van der Waals surface area contributed by atoms with E-state index in [4.69, 9.17) is 10.5 Å². The van der Waals surface area contributed by atoms with Crippen LogP contribution in [0.25, 0.3) is 10.9 Å². The molecule has 0 saturated carbocycles. The molecule has 0 saturated heterocycles. The van der Waals surface area contributed by atoms with Gasteiger partial charge >= 0.3 is 0 Å². The Morgan fingerprint density at radius 3 is 2.74 bits per heavy atom. The molecule has 31 heavy (non-hydrogen) atoms. The summed E-state index contributed by atoms with van der Waals surface area (Å²) < 4.78 is 5.99. The largest absolute Gasteiger partial charge is 0.489 e. The number of aliphatic hydroxyl groups excluding tert-OH is 1. The van der Waals surface area contributed by atoms with E-state index in [1.54, 1.807) is 18.3 Å². The molecular weight excluding hydrogens is 388 g/mol. The number of ether oxygens (including phenoxy) is 1. The van der Waals surface area contributed by atoms with E-state index < -0.39 is 6.10 Å². The molecule has 0 unspecified atom stereocenters. The van der Waals surface area contributed by atoms with Gasteiger partial charge in [0.05, 0.1) is 6.10 Å². The summed E-state index contributed by atoms with van der Waals surface area (Å²) in [6.45, 7) is 3.10. The van der Waals surface area contributed by atoms with Gasteiger partial charge in [0.2, 0.25) is 0 Å². The number of nitrogens with two attached hydrogens (primary N) is 1. The average Bonchev–Trinajstić information content (AvgIpc) is 3.19. The first kappa shape index (κ1) is 20.9. The maximum Gasteiger partial charge on any atom is 0.123 e. The highest BCUT2D eigenvalue weighted by Crippen LogP contribution is 2.25. The molecule has 0 aliphatic carbocycles. The molecule has 0 fully saturated rings. The average molecular weight is 417 g/mol. The highest BCUT2D eigenvalue weighted by Gasteiger charge is 2.13. The van der Waals surface area contributed by atoms with Gasteiger partial charge in [0.1, 0.15) is 18.2 Å². The van der Waals surface area contributed by atoms with E-state index in [0.717, 1.165) is 34.2 Å². The van der Waals surface area contributed by atoms with Crippen LogP contribution < -0.4 is 15.8 Å². The molecule has 4 rings (SSSR count). The third-order valence-electron chi connectivity index (χ3n) is 5.37. The summed E-state index contributed by atoms with van der Waals surface area (Å²) in [5.74, 6) is 1.30. The zero-order valence-electron chi connectivity index (χ0n) is 17.6. The Morgan fingerprint density at radius 1 is 1.13 bits per heavy atom. The van der Waals surface area contributed by atoms with Gasteiger partial charge in [-0.2, -0.15) is 0 Å². The molecule has 4 aromatic rings. The number of rotatable bonds is 9. The molecule has 0 spiro atoms. The molecule has 0 amide bonds. The van der Waals surface area contributed by atoms with Crippen molar-refractivity contribution in [2.45, 2.75) is 32.1 Å². The quantitative estimate of drug-likeness (QED) is 0.331. The van der Waals surface area contributed by atoms with E-state index in [1.807, 2.05) is 30.5 Å². The Kier molecular flexibility index (Phi) is 6.50. The number of benzene rings is 2. The van der Waals surface area contributed by atoms with Crippen molar-refractivity contribution in [1.82, 2.24) is 15.3 Å². The van der Waals surface area contributed by atoms with Crippen LogP contribution in [-0.2, 0) is 13.0 Å². The number of aliphatic hydroxyl groups is 1. The molecule has 0 aliphatic heterocycles. The summed E-state index contributed by atoms with van der Waals surface area (Å²) in [7, 11) is 0. The normalized spacial score (nSPS) is 13.2. The number of nitrogens with zero attached hydrogens (tertiary/aromatic N) is 1. The van der Waals surface area contributed by atoms with Crippen molar-refractivity contribution in [2.75, 3.05) is 12.3 Å². The van der Waals surface area contributed by atoms with Crippen molar-refractivity contribution >= 4 is 16.7 Å². The Bertz CT molecular complexity index is 1110. The number of hydrogen-bond acceptors (Lipinski definition) is 5. The molecule has 6 heteroatoms. The van der Waals surface area contributed by atoms with Crippen LogP contribution in [0.15, 0.2) is 73.1 Å². The zero-order valence-corrected chi connectivity index (χ0v) is 17.6. The smallest absolute Gasteiger partial charge is 0.123 e. The number of H-pyrrole nitrogens is 1. The summed E-state index contributed by atoms with van der Waals surface area (Å²) >= 11 is 0. The lowest BCUT2D eigenvalue weighted by atomic mass is 10.1. The maximum atomic E-state index is 10.4. The molecule has 2 aromatic carbocycles. The second-order valence-electron chi connectivity index (χ2n) is 7.84. The van der Waals surface area contributed by atoms with Gasteiger partial charge in [0.25, 0.3) is 0 Å². The van der Waals surface area contributed by atoms with Crippen molar-refractivity contribution in [3.05, 3.63) is 89.7 Å². The fourth-order valence-electron chi connectivity index (χ4n) is 3.60. The third-order valence-corrected chi connectivity index (χ3v) is 5.37. The summed E-state index contributed by atoms with van der Waals surface area (Å²) in [5.41, 5.74) is 9.80. The lowest BCUT2D eigenvalue weighted by molar-refractivity contribution is 0.170. The first-order valence-corrected chi connectivity index (χ1v) is 10.5. The first-order valence-electron chi connectivity index (χ1n) is 10.5. The minimum Gasteiger partial charge on any atom is -0.489 e. The van der Waals surface area contributed by atoms with Gasteiger partial charge in [-0.15, -0.1) is 0 Å². The van der Waals surface area contributed by atoms with Gasteiger partial charge in [0.15, 0.2) is 0 Å². The lowest BCUT2D eigenvalue weighted by Crippen LogP contribution is -2.32. The van der Waals surface area contributed by atoms with Gasteiger partial charge in [-0.05, 0) is 48.7 Å². The van der Waals surface area contributed by atoms with Crippen molar-refractivity contribution in [1.29, 1.82) is 0 Å². The summed E-state index contributed by atoms with van der Waals surface area (Å²) in [6.07, 6.45) is 3.86. The topological polar surface area (TPSA) is 96.2 Å². The van der Waals surface area contributed by atoms with E-state index in [1.165, 1.54) is 5.56 Å². The molecule has 0 radical (unpaired) electrons. The summed E-state index contributed by atoms with van der Waals surface area (Å²) in [6, 6.07) is 20.0. The van der Waals surface area contributed by atoms with E-state index in [9.17, 15) is 5.11 Å². The van der Waals surface area contributed by atoms with Crippen LogP contribution in [0.5, 0.6) is 5.75 Å². The predicted octanol–water partition coefficient (Wildman–Crippen LogP) is 3.98. The SMILES string of the molecule is C[C@H](Cc1c[nH]c2ccc(OCc3ccccc3)cc12)NC[C@H](O)c1ccc(N)nc1. The zero-order chi connectivity index (χ0) is 21.6. The van der Waals surface area contributed by atoms with E-state index in [-0.39, 0.29) is 6.04 Å². The summed E-state index contributed by atoms with van der Waals surface area (Å²) in [4.78, 5) is 7.38. The highest BCUT2D eigenvalue weighted by molar-refractivity contribution is 5.84. The molecule has 0 aliphatic rings. The Morgan fingerprint density at radius 2 is 1.97 bits per heavy atom. The second kappa shape index (κ2) is 9.64. The Balaban J connectivity index is 1.36. The molecule has 2 atom stereocenters. The number of nitrogens with one attached hydrogen (secondary N) is 2. The van der Waals surface area contributed by atoms with Crippen LogP contribution in [0.2, 0.25) is 0 Å².